The number of thiol groups is 1. The third kappa shape index (κ3) is 8.48. The molecule has 2 N–H and O–H groups in total. The lowest BCUT2D eigenvalue weighted by molar-refractivity contribution is 0.779. The molecule has 0 radical (unpaired) electrons. The number of nitrogens with one attached hydrogen (secondary N) is 2. The van der Waals surface area contributed by atoms with E-state index in [2.05, 4.69) is 409 Å². The maximum absolute atomic E-state index is 10.2. The van der Waals surface area contributed by atoms with E-state index in [-0.39, 0.29) is 5.41 Å². The number of allylic oxidation sites excluding steroid dienone is 6. The lowest BCUT2D eigenvalue weighted by Crippen LogP contribution is -2.41. The maximum atomic E-state index is 10.2. The van der Waals surface area contributed by atoms with Crippen molar-refractivity contribution < 1.29 is 0 Å². The second kappa shape index (κ2) is 24.1. The molecule has 26 rings (SSSR count). The zero-order valence-corrected chi connectivity index (χ0v) is 64.6. The molecule has 0 amide bonds. The Bertz CT molecular complexity index is 7000. The van der Waals surface area contributed by atoms with E-state index in [0.29, 0.717) is 23.5 Å². The van der Waals surface area contributed by atoms with Gasteiger partial charge in [-0.05, 0) is 264 Å². The zero-order valence-electron chi connectivity index (χ0n) is 63.7. The summed E-state index contributed by atoms with van der Waals surface area (Å²) in [5.74, 6) is 1.13. The first-order valence-corrected chi connectivity index (χ1v) is 41.5. The van der Waals surface area contributed by atoms with Gasteiger partial charge in [-0.3, -0.25) is 4.72 Å². The van der Waals surface area contributed by atoms with Crippen molar-refractivity contribution in [2.75, 3.05) is 4.90 Å². The number of benzene rings is 16. The molecule has 0 saturated heterocycles. The summed E-state index contributed by atoms with van der Waals surface area (Å²) in [6.07, 6.45) is 9.35. The molecule has 3 spiro atoms. The molecule has 4 nitrogen and oxygen atoms in total. The van der Waals surface area contributed by atoms with E-state index in [1.807, 2.05) is 0 Å². The predicted molar refractivity (Wildman–Crippen MR) is 483 cm³/mol. The average Bonchev–Trinajstić information content (AvgIpc) is 1.50. The highest BCUT2D eigenvalue weighted by Gasteiger charge is 2.62. The van der Waals surface area contributed by atoms with E-state index in [4.69, 9.17) is 12.8 Å². The molecule has 5 heteroatoms. The van der Waals surface area contributed by atoms with E-state index in [1.165, 1.54) is 161 Å². The molecule has 0 aliphatic heterocycles. The van der Waals surface area contributed by atoms with Crippen LogP contribution in [0, 0.1) is 17.2 Å². The summed E-state index contributed by atoms with van der Waals surface area (Å²) in [6.45, 7) is 0. The van der Waals surface area contributed by atoms with Gasteiger partial charge in [0, 0.05) is 39.1 Å². The van der Waals surface area contributed by atoms with Gasteiger partial charge in [-0.25, -0.2) is 0 Å². The van der Waals surface area contributed by atoms with Crippen molar-refractivity contribution in [2.45, 2.75) is 28.2 Å². The Morgan fingerprint density at radius 3 is 1.11 bits per heavy atom. The monoisotopic (exact) mass is 1500 g/mol. The van der Waals surface area contributed by atoms with E-state index in [9.17, 15) is 5.41 Å². The number of hydrogen-bond acceptors (Lipinski definition) is 4. The third-order valence-electron chi connectivity index (χ3n) is 28.3. The summed E-state index contributed by atoms with van der Waals surface area (Å²) < 4.78 is 5.79. The Labute approximate surface area is 684 Å². The van der Waals surface area contributed by atoms with Gasteiger partial charge in [0.05, 0.1) is 39.0 Å². The zero-order chi connectivity index (χ0) is 76.7. The van der Waals surface area contributed by atoms with Crippen LogP contribution in [0.3, 0.4) is 0 Å². The minimum atomic E-state index is -0.552. The number of fused-ring (bicyclic) bond motifs is 34. The molecule has 1 fully saturated rings. The van der Waals surface area contributed by atoms with Gasteiger partial charge in [0.25, 0.3) is 0 Å². The van der Waals surface area contributed by atoms with Gasteiger partial charge in [-0.1, -0.05) is 328 Å². The second-order valence-corrected chi connectivity index (χ2v) is 33.5. The topological polar surface area (TPSA) is 44.1 Å². The standard InChI is InChI=1S/C112H72N4S/c113-108-75(57-61-104(109(108)114-117)115(72-22-2-1-3-23-72)73-52-44-67(45-53-73)105-87-56-58-99-106(107(87)105)86-32-12-21-41-98(86)110(99)90-33-13-4-24-76(90)77-25-5-14-34-91(77)110)66-42-50-74(51-43-66)116-102-59-48-68(70-46-54-84-82-30-10-19-39-96(82)111(100(84)64-70)92-35-15-6-26-78(92)79-27-7-16-36-93(79)111)62-88(102)89-63-69(49-60-103(89)116)71-47-55-85-83-31-11-20-40-97(83)112(101(85)65-71)94-37-17-8-28-80(94)81-29-9-18-38-95(81)112/h1-65,87,105,107,109,113-114,117H. The molecule has 117 heavy (non-hydrogen) atoms. The summed E-state index contributed by atoms with van der Waals surface area (Å²) in [4.78, 5) is 2.30. The largest absolute Gasteiger partial charge is 0.312 e. The molecule has 4 unspecified atom stereocenters. The van der Waals surface area contributed by atoms with Crippen LogP contribution in [-0.4, -0.2) is 16.3 Å². The van der Waals surface area contributed by atoms with Crippen molar-refractivity contribution in [3.8, 4) is 83.6 Å². The molecule has 0 bridgehead atoms. The van der Waals surface area contributed by atoms with Crippen LogP contribution >= 0.6 is 12.8 Å². The lowest BCUT2D eigenvalue weighted by atomic mass is 9.69. The van der Waals surface area contributed by atoms with Crippen LogP contribution in [0.2, 0.25) is 0 Å². The smallest absolute Gasteiger partial charge is 0.0994 e. The van der Waals surface area contributed by atoms with Crippen LogP contribution in [0.25, 0.3) is 117 Å². The SMILES string of the molecule is N=C1C(c2ccc(-n3c4ccc(-c5ccc6c(c5)C5(c7ccccc7-c7ccccc75)c5ccccc5-6)cc4c4cc(-c5ccc6c(c5)C5(c7ccccc7-c7ccccc75)c5ccccc5-6)ccc43)cc2)=CC=C(N(c2ccccc2)c2ccc(C3C4C=CC5=C(c6ccccc6C56c5ccccc5-c5ccccc56)C43)cc2)C1NS. The fourth-order valence-corrected chi connectivity index (χ4v) is 23.9. The van der Waals surface area contributed by atoms with Gasteiger partial charge in [0.1, 0.15) is 0 Å². The molecule has 9 aliphatic carbocycles. The normalized spacial score (nSPS) is 18.2. The molecule has 1 aromatic heterocycles. The number of rotatable bonds is 9. The van der Waals surface area contributed by atoms with Gasteiger partial charge in [-0.15, -0.1) is 0 Å². The molecule has 1 heterocycles. The highest BCUT2D eigenvalue weighted by atomic mass is 32.1. The Balaban J connectivity index is 0.576. The van der Waals surface area contributed by atoms with Crippen LogP contribution in [0.1, 0.15) is 83.8 Å². The summed E-state index contributed by atoms with van der Waals surface area (Å²) in [5.41, 5.74) is 45.4. The first-order chi connectivity index (χ1) is 57.9. The minimum Gasteiger partial charge on any atom is -0.312 e. The first kappa shape index (κ1) is 65.5. The summed E-state index contributed by atoms with van der Waals surface area (Å²) >= 11 is 4.89. The van der Waals surface area contributed by atoms with Crippen LogP contribution in [0.4, 0.5) is 11.4 Å². The Morgan fingerprint density at radius 2 is 0.675 bits per heavy atom. The first-order valence-electron chi connectivity index (χ1n) is 41.1. The number of anilines is 2. The number of aromatic nitrogens is 1. The minimum absolute atomic E-state index is 0.344. The molecule has 16 aromatic carbocycles. The molecule has 546 valence electrons. The molecular formula is C112H72N4S. The van der Waals surface area contributed by atoms with Crippen LogP contribution in [0.5, 0.6) is 0 Å². The molecule has 4 atom stereocenters. The molecule has 1 saturated carbocycles. The van der Waals surface area contributed by atoms with E-state index >= 15 is 0 Å². The quantitative estimate of drug-likeness (QED) is 0.126. The van der Waals surface area contributed by atoms with Gasteiger partial charge >= 0.3 is 0 Å². The molecule has 17 aromatic rings. The fourth-order valence-electron chi connectivity index (χ4n) is 23.6. The molecular weight excluding hydrogens is 1430 g/mol. The average molecular weight is 1510 g/mol. The van der Waals surface area contributed by atoms with Crippen molar-refractivity contribution in [1.82, 2.24) is 9.29 Å². The maximum Gasteiger partial charge on any atom is 0.0994 e. The molecule has 9 aliphatic rings. The number of nitrogens with zero attached hydrogens (tertiary/aromatic N) is 2. The van der Waals surface area contributed by atoms with Crippen molar-refractivity contribution in [2.24, 2.45) is 11.8 Å². The van der Waals surface area contributed by atoms with Gasteiger partial charge in [-0.2, -0.15) is 0 Å². The second-order valence-electron chi connectivity index (χ2n) is 33.3. The Hall–Kier alpha value is -13.9. The van der Waals surface area contributed by atoms with Gasteiger partial charge in [0.2, 0.25) is 0 Å². The Morgan fingerprint density at radius 1 is 0.316 bits per heavy atom. The van der Waals surface area contributed by atoms with Crippen molar-refractivity contribution >= 4 is 62.9 Å². The van der Waals surface area contributed by atoms with E-state index < -0.39 is 16.9 Å². The summed E-state index contributed by atoms with van der Waals surface area (Å²) in [6, 6.07) is 139. The van der Waals surface area contributed by atoms with Crippen LogP contribution < -0.4 is 9.62 Å². The predicted octanol–water partition coefficient (Wildman–Crippen LogP) is 26.4. The van der Waals surface area contributed by atoms with Crippen molar-refractivity contribution in [1.29, 1.82) is 5.41 Å². The van der Waals surface area contributed by atoms with Crippen LogP contribution in [0.15, 0.2) is 406 Å². The van der Waals surface area contributed by atoms with Gasteiger partial charge < -0.3 is 14.9 Å². The van der Waals surface area contributed by atoms with Crippen molar-refractivity contribution in [3.63, 3.8) is 0 Å². The summed E-state index contributed by atoms with van der Waals surface area (Å²) in [5, 5.41) is 12.6. The van der Waals surface area contributed by atoms with Gasteiger partial charge in [0.15, 0.2) is 0 Å². The number of hydrogen-bond donors (Lipinski definition) is 3. The highest BCUT2D eigenvalue weighted by molar-refractivity contribution is 7.78. The number of para-hydroxylation sites is 1. The van der Waals surface area contributed by atoms with Crippen molar-refractivity contribution in [3.05, 3.63) is 484 Å². The summed E-state index contributed by atoms with van der Waals surface area (Å²) in [7, 11) is 0. The lowest BCUT2D eigenvalue weighted by Gasteiger charge is -2.35. The fraction of sp³-hybridized carbons (Fsp3) is 0.0625. The third-order valence-corrected chi connectivity index (χ3v) is 28.5. The van der Waals surface area contributed by atoms with E-state index in [0.717, 1.165) is 56.1 Å². The van der Waals surface area contributed by atoms with E-state index in [1.54, 1.807) is 0 Å². The Kier molecular flexibility index (Phi) is 13.5. The highest BCUT2D eigenvalue weighted by Crippen LogP contribution is 2.72. The van der Waals surface area contributed by atoms with Crippen LogP contribution in [-0.2, 0) is 16.2 Å².